The Morgan fingerprint density at radius 1 is 1.05 bits per heavy atom. The molecule has 98 valence electrons. The van der Waals surface area contributed by atoms with E-state index in [-0.39, 0.29) is 6.42 Å². The van der Waals surface area contributed by atoms with Gasteiger partial charge in [-0.05, 0) is 35.4 Å². The van der Waals surface area contributed by atoms with Crippen LogP contribution in [0.1, 0.15) is 11.1 Å². The first kappa shape index (κ1) is 13.5. The Morgan fingerprint density at radius 3 is 2.32 bits per heavy atom. The van der Waals surface area contributed by atoms with E-state index in [2.05, 4.69) is 0 Å². The minimum Gasteiger partial charge on any atom is -0.481 e. The van der Waals surface area contributed by atoms with E-state index in [0.29, 0.717) is 0 Å². The molecule has 2 rings (SSSR count). The van der Waals surface area contributed by atoms with E-state index in [1.807, 2.05) is 48.5 Å². The van der Waals surface area contributed by atoms with Gasteiger partial charge < -0.3 is 10.8 Å². The highest BCUT2D eigenvalue weighted by molar-refractivity contribution is 7.98. The van der Waals surface area contributed by atoms with Crippen molar-refractivity contribution in [2.75, 3.05) is 5.73 Å². The van der Waals surface area contributed by atoms with Crippen LogP contribution >= 0.6 is 11.8 Å². The van der Waals surface area contributed by atoms with Gasteiger partial charge in [-0.15, -0.1) is 11.8 Å². The molecule has 0 aliphatic rings. The molecule has 0 spiro atoms. The average molecular weight is 273 g/mol. The maximum atomic E-state index is 10.8. The lowest BCUT2D eigenvalue weighted by atomic mass is 10.1. The Kier molecular flexibility index (Phi) is 4.47. The van der Waals surface area contributed by atoms with Crippen LogP contribution in [0.3, 0.4) is 0 Å². The van der Waals surface area contributed by atoms with E-state index in [1.54, 1.807) is 11.8 Å². The highest BCUT2D eigenvalue weighted by Crippen LogP contribution is 2.25. The molecule has 19 heavy (non-hydrogen) atoms. The summed E-state index contributed by atoms with van der Waals surface area (Å²) in [5.41, 5.74) is 8.32. The van der Waals surface area contributed by atoms with Crippen molar-refractivity contribution < 1.29 is 9.90 Å². The SMILES string of the molecule is Nc1ccc(SCc2ccccc2CC(=O)O)cc1. The van der Waals surface area contributed by atoms with Crippen LogP contribution in [0.4, 0.5) is 5.69 Å². The number of carboxylic acid groups (broad SMARTS) is 1. The molecule has 3 N–H and O–H groups in total. The Hall–Kier alpha value is -1.94. The summed E-state index contributed by atoms with van der Waals surface area (Å²) in [6.45, 7) is 0. The molecule has 0 fully saturated rings. The Balaban J connectivity index is 2.06. The molecule has 0 radical (unpaired) electrons. The fourth-order valence-electron chi connectivity index (χ4n) is 1.76. The minimum absolute atomic E-state index is 0.0679. The van der Waals surface area contributed by atoms with Gasteiger partial charge in [0.25, 0.3) is 0 Å². The molecule has 3 nitrogen and oxygen atoms in total. The summed E-state index contributed by atoms with van der Waals surface area (Å²) in [5.74, 6) is -0.0437. The van der Waals surface area contributed by atoms with Gasteiger partial charge in [-0.3, -0.25) is 4.79 Å². The summed E-state index contributed by atoms with van der Waals surface area (Å²) in [6, 6.07) is 15.3. The second kappa shape index (κ2) is 6.29. The van der Waals surface area contributed by atoms with E-state index in [9.17, 15) is 4.79 Å². The highest BCUT2D eigenvalue weighted by atomic mass is 32.2. The van der Waals surface area contributed by atoms with Gasteiger partial charge in [0.2, 0.25) is 0 Å². The van der Waals surface area contributed by atoms with Gasteiger partial charge in [-0.2, -0.15) is 0 Å². The summed E-state index contributed by atoms with van der Waals surface area (Å²) >= 11 is 1.67. The van der Waals surface area contributed by atoms with E-state index in [1.165, 1.54) is 0 Å². The van der Waals surface area contributed by atoms with Gasteiger partial charge in [0.1, 0.15) is 0 Å². The Labute approximate surface area is 116 Å². The lowest BCUT2D eigenvalue weighted by Crippen LogP contribution is -2.02. The maximum absolute atomic E-state index is 10.8. The van der Waals surface area contributed by atoms with Crippen LogP contribution in [0, 0.1) is 0 Å². The van der Waals surface area contributed by atoms with Crippen molar-refractivity contribution >= 4 is 23.4 Å². The molecule has 0 aliphatic carbocycles. The zero-order valence-corrected chi connectivity index (χ0v) is 11.2. The molecule has 2 aromatic carbocycles. The van der Waals surface area contributed by atoms with E-state index < -0.39 is 5.97 Å². The Morgan fingerprint density at radius 2 is 1.68 bits per heavy atom. The third kappa shape index (κ3) is 4.03. The average Bonchev–Trinajstić information content (AvgIpc) is 2.39. The van der Waals surface area contributed by atoms with Gasteiger partial charge in [0.05, 0.1) is 6.42 Å². The van der Waals surface area contributed by atoms with E-state index in [4.69, 9.17) is 10.8 Å². The summed E-state index contributed by atoms with van der Waals surface area (Å²) in [4.78, 5) is 11.9. The summed E-state index contributed by atoms with van der Waals surface area (Å²) < 4.78 is 0. The zero-order valence-electron chi connectivity index (χ0n) is 10.4. The number of nitrogen functional groups attached to an aromatic ring is 1. The van der Waals surface area contributed by atoms with Crippen LogP contribution in [0.2, 0.25) is 0 Å². The van der Waals surface area contributed by atoms with Crippen molar-refractivity contribution in [2.45, 2.75) is 17.1 Å². The maximum Gasteiger partial charge on any atom is 0.307 e. The van der Waals surface area contributed by atoms with Crippen molar-refractivity contribution in [1.29, 1.82) is 0 Å². The molecule has 0 atom stereocenters. The molecular weight excluding hydrogens is 258 g/mol. The normalized spacial score (nSPS) is 10.3. The number of thioether (sulfide) groups is 1. The molecule has 0 aromatic heterocycles. The highest BCUT2D eigenvalue weighted by Gasteiger charge is 2.06. The molecule has 0 aliphatic heterocycles. The number of nitrogens with two attached hydrogens (primary N) is 1. The first-order valence-corrected chi connectivity index (χ1v) is 6.90. The molecule has 0 amide bonds. The predicted octanol–water partition coefficient (Wildman–Crippen LogP) is 3.19. The molecule has 2 aromatic rings. The first-order valence-electron chi connectivity index (χ1n) is 5.92. The number of aliphatic carboxylic acids is 1. The number of benzene rings is 2. The van der Waals surface area contributed by atoms with Gasteiger partial charge in [-0.25, -0.2) is 0 Å². The van der Waals surface area contributed by atoms with Gasteiger partial charge >= 0.3 is 5.97 Å². The molecule has 0 bridgehead atoms. The summed E-state index contributed by atoms with van der Waals surface area (Å²) in [7, 11) is 0. The molecule has 0 saturated carbocycles. The van der Waals surface area contributed by atoms with Crippen LogP contribution in [0.5, 0.6) is 0 Å². The van der Waals surface area contributed by atoms with Crippen LogP contribution in [0.15, 0.2) is 53.4 Å². The minimum atomic E-state index is -0.801. The number of hydrogen-bond acceptors (Lipinski definition) is 3. The third-order valence-electron chi connectivity index (χ3n) is 2.73. The second-order valence-electron chi connectivity index (χ2n) is 4.20. The standard InChI is InChI=1S/C15H15NO2S/c16-13-5-7-14(8-6-13)19-10-12-4-2-1-3-11(12)9-15(17)18/h1-8H,9-10,16H2,(H,17,18). The second-order valence-corrected chi connectivity index (χ2v) is 5.25. The number of rotatable bonds is 5. The fourth-order valence-corrected chi connectivity index (χ4v) is 2.69. The van der Waals surface area contributed by atoms with Crippen molar-refractivity contribution in [3.05, 3.63) is 59.7 Å². The van der Waals surface area contributed by atoms with Crippen molar-refractivity contribution in [2.24, 2.45) is 0 Å². The lowest BCUT2D eigenvalue weighted by Gasteiger charge is -2.07. The Bertz CT molecular complexity index is 567. The molecule has 0 saturated heterocycles. The summed E-state index contributed by atoms with van der Waals surface area (Å²) in [6.07, 6.45) is 0.0679. The van der Waals surface area contributed by atoms with Gasteiger partial charge in [0.15, 0.2) is 0 Å². The number of carboxylic acids is 1. The lowest BCUT2D eigenvalue weighted by molar-refractivity contribution is -0.136. The molecular formula is C15H15NO2S. The van der Waals surface area contributed by atoms with Gasteiger partial charge in [-0.1, -0.05) is 24.3 Å². The largest absolute Gasteiger partial charge is 0.481 e. The van der Waals surface area contributed by atoms with Crippen LogP contribution in [0.25, 0.3) is 0 Å². The van der Waals surface area contributed by atoms with Crippen molar-refractivity contribution in [1.82, 2.24) is 0 Å². The molecule has 0 unspecified atom stereocenters. The van der Waals surface area contributed by atoms with E-state index >= 15 is 0 Å². The van der Waals surface area contributed by atoms with Gasteiger partial charge in [0, 0.05) is 16.3 Å². The first-order chi connectivity index (χ1) is 9.15. The quantitative estimate of drug-likeness (QED) is 0.648. The van der Waals surface area contributed by atoms with Crippen molar-refractivity contribution in [3.63, 3.8) is 0 Å². The predicted molar refractivity (Wildman–Crippen MR) is 78.2 cm³/mol. The zero-order chi connectivity index (χ0) is 13.7. The summed E-state index contributed by atoms with van der Waals surface area (Å²) in [5, 5.41) is 8.89. The molecule has 0 heterocycles. The third-order valence-corrected chi connectivity index (χ3v) is 3.80. The number of anilines is 1. The van der Waals surface area contributed by atoms with Crippen molar-refractivity contribution in [3.8, 4) is 0 Å². The topological polar surface area (TPSA) is 63.3 Å². The number of carbonyl (C=O) groups is 1. The van der Waals surface area contributed by atoms with Crippen LogP contribution in [-0.4, -0.2) is 11.1 Å². The smallest absolute Gasteiger partial charge is 0.307 e. The van der Waals surface area contributed by atoms with Crippen LogP contribution < -0.4 is 5.73 Å². The molecule has 4 heteroatoms. The number of hydrogen-bond donors (Lipinski definition) is 2. The van der Waals surface area contributed by atoms with Crippen LogP contribution in [-0.2, 0) is 17.0 Å². The van der Waals surface area contributed by atoms with E-state index in [0.717, 1.165) is 27.5 Å². The monoisotopic (exact) mass is 273 g/mol. The fraction of sp³-hybridized carbons (Fsp3) is 0.133.